The van der Waals surface area contributed by atoms with Crippen LogP contribution in [-0.2, 0) is 0 Å². The normalized spacial score (nSPS) is 10.5. The van der Waals surface area contributed by atoms with Gasteiger partial charge < -0.3 is 13.9 Å². The van der Waals surface area contributed by atoms with Gasteiger partial charge in [-0.1, -0.05) is 12.1 Å². The lowest BCUT2D eigenvalue weighted by Gasteiger charge is -2.02. The summed E-state index contributed by atoms with van der Waals surface area (Å²) >= 11 is 0. The van der Waals surface area contributed by atoms with E-state index in [0.29, 0.717) is 11.3 Å². The summed E-state index contributed by atoms with van der Waals surface area (Å²) in [4.78, 5) is 4.23. The first kappa shape index (κ1) is 10.7. The molecule has 0 saturated heterocycles. The van der Waals surface area contributed by atoms with Gasteiger partial charge in [-0.15, -0.1) is 0 Å². The maximum Gasteiger partial charge on any atom is 0.400 e. The molecule has 0 bridgehead atoms. The lowest BCUT2D eigenvalue weighted by molar-refractivity contribution is 0.342. The smallest absolute Gasteiger partial charge is 0.400 e. The first-order valence-corrected chi connectivity index (χ1v) is 5.52. The topological polar surface area (TPSA) is 44.5 Å². The van der Waals surface area contributed by atoms with Gasteiger partial charge >= 0.3 is 6.08 Å². The molecule has 0 aliphatic rings. The summed E-state index contributed by atoms with van der Waals surface area (Å²) in [7, 11) is 1.62. The zero-order chi connectivity index (χ0) is 12.4. The third-order valence-electron chi connectivity index (χ3n) is 2.54. The van der Waals surface area contributed by atoms with Gasteiger partial charge in [0.1, 0.15) is 17.0 Å². The summed E-state index contributed by atoms with van der Waals surface area (Å²) in [5, 5.41) is 0. The zero-order valence-electron chi connectivity index (χ0n) is 9.79. The Hall–Kier alpha value is -2.49. The lowest BCUT2D eigenvalue weighted by Crippen LogP contribution is -1.85. The van der Waals surface area contributed by atoms with E-state index >= 15 is 0 Å². The molecule has 0 fully saturated rings. The first-order chi connectivity index (χ1) is 8.85. The van der Waals surface area contributed by atoms with Crippen molar-refractivity contribution in [1.82, 2.24) is 4.98 Å². The zero-order valence-corrected chi connectivity index (χ0v) is 9.79. The maximum absolute atomic E-state index is 5.53. The molecule has 90 valence electrons. The fourth-order valence-corrected chi connectivity index (χ4v) is 1.64. The second-order valence-corrected chi connectivity index (χ2v) is 3.73. The molecule has 3 aromatic rings. The molecule has 0 aliphatic carbocycles. The Balaban J connectivity index is 1.86. The molecular formula is C14H11NO3. The van der Waals surface area contributed by atoms with Gasteiger partial charge in [0.2, 0.25) is 0 Å². The van der Waals surface area contributed by atoms with E-state index < -0.39 is 0 Å². The number of oxazole rings is 1. The summed E-state index contributed by atoms with van der Waals surface area (Å²) in [5.74, 6) is 1.43. The van der Waals surface area contributed by atoms with Gasteiger partial charge in [0.25, 0.3) is 0 Å². The van der Waals surface area contributed by atoms with E-state index in [1.165, 1.54) is 0 Å². The number of hydrogen-bond acceptors (Lipinski definition) is 4. The molecule has 0 aliphatic heterocycles. The van der Waals surface area contributed by atoms with Crippen LogP contribution in [0.25, 0.3) is 11.1 Å². The predicted molar refractivity (Wildman–Crippen MR) is 67.1 cm³/mol. The highest BCUT2D eigenvalue weighted by molar-refractivity contribution is 5.72. The molecule has 0 saturated carbocycles. The van der Waals surface area contributed by atoms with Crippen LogP contribution in [0.4, 0.5) is 0 Å². The summed E-state index contributed by atoms with van der Waals surface area (Å²) in [6, 6.07) is 14.8. The van der Waals surface area contributed by atoms with Gasteiger partial charge in [-0.2, -0.15) is 4.98 Å². The highest BCUT2D eigenvalue weighted by Crippen LogP contribution is 2.26. The molecule has 4 heteroatoms. The summed E-state index contributed by atoms with van der Waals surface area (Å²) in [6.07, 6.45) is 0.237. The molecule has 0 radical (unpaired) electrons. The van der Waals surface area contributed by atoms with Crippen LogP contribution < -0.4 is 9.47 Å². The van der Waals surface area contributed by atoms with E-state index in [-0.39, 0.29) is 6.08 Å². The Morgan fingerprint density at radius 3 is 2.39 bits per heavy atom. The molecule has 1 aromatic heterocycles. The summed E-state index contributed by atoms with van der Waals surface area (Å²) in [5.41, 5.74) is 1.49. The van der Waals surface area contributed by atoms with Crippen molar-refractivity contribution in [3.05, 3.63) is 48.5 Å². The monoisotopic (exact) mass is 241 g/mol. The van der Waals surface area contributed by atoms with Crippen LogP contribution in [0.5, 0.6) is 17.6 Å². The molecule has 0 unspecified atom stereocenters. The number of hydrogen-bond donors (Lipinski definition) is 0. The summed E-state index contributed by atoms with van der Waals surface area (Å²) in [6.45, 7) is 0. The molecule has 4 nitrogen and oxygen atoms in total. The minimum Gasteiger partial charge on any atom is -0.497 e. The average molecular weight is 241 g/mol. The Bertz CT molecular complexity index is 625. The van der Waals surface area contributed by atoms with Crippen molar-refractivity contribution in [3.63, 3.8) is 0 Å². The second kappa shape index (κ2) is 4.41. The van der Waals surface area contributed by atoms with E-state index in [2.05, 4.69) is 4.98 Å². The lowest BCUT2D eigenvalue weighted by atomic mass is 10.3. The average Bonchev–Trinajstić information content (AvgIpc) is 2.82. The number of ether oxygens (including phenoxy) is 2. The quantitative estimate of drug-likeness (QED) is 0.702. The number of para-hydroxylation sites is 2. The van der Waals surface area contributed by atoms with Crippen molar-refractivity contribution < 1.29 is 13.9 Å². The molecule has 0 spiro atoms. The molecule has 2 aromatic carbocycles. The van der Waals surface area contributed by atoms with Crippen LogP contribution in [0.15, 0.2) is 52.9 Å². The Kier molecular flexibility index (Phi) is 2.61. The van der Waals surface area contributed by atoms with Crippen LogP contribution in [0, 0.1) is 0 Å². The van der Waals surface area contributed by atoms with Gasteiger partial charge in [0.05, 0.1) is 7.11 Å². The molecule has 3 rings (SSSR count). The molecule has 0 amide bonds. The molecule has 0 atom stereocenters. The first-order valence-electron chi connectivity index (χ1n) is 5.52. The number of nitrogens with zero attached hydrogens (tertiary/aromatic N) is 1. The van der Waals surface area contributed by atoms with Crippen LogP contribution in [0.2, 0.25) is 0 Å². The third kappa shape index (κ3) is 2.00. The van der Waals surface area contributed by atoms with Crippen molar-refractivity contribution in [1.29, 1.82) is 0 Å². The van der Waals surface area contributed by atoms with Gasteiger partial charge in [0, 0.05) is 0 Å². The van der Waals surface area contributed by atoms with Crippen molar-refractivity contribution >= 4 is 11.1 Å². The van der Waals surface area contributed by atoms with Gasteiger partial charge in [-0.3, -0.25) is 0 Å². The van der Waals surface area contributed by atoms with Crippen LogP contribution in [0.3, 0.4) is 0 Å². The van der Waals surface area contributed by atoms with E-state index in [4.69, 9.17) is 13.9 Å². The van der Waals surface area contributed by atoms with Crippen LogP contribution in [0.1, 0.15) is 0 Å². The third-order valence-corrected chi connectivity index (χ3v) is 2.54. The SMILES string of the molecule is COc1ccc(Oc2nc3ccccc3o2)cc1. The minimum atomic E-state index is 0.237. The molecule has 1 heterocycles. The Morgan fingerprint density at radius 1 is 0.944 bits per heavy atom. The minimum absolute atomic E-state index is 0.237. The van der Waals surface area contributed by atoms with Crippen LogP contribution >= 0.6 is 0 Å². The Morgan fingerprint density at radius 2 is 1.67 bits per heavy atom. The molecule has 0 N–H and O–H groups in total. The molecular weight excluding hydrogens is 230 g/mol. The van der Waals surface area contributed by atoms with E-state index in [1.54, 1.807) is 19.2 Å². The van der Waals surface area contributed by atoms with E-state index in [1.807, 2.05) is 36.4 Å². The largest absolute Gasteiger partial charge is 0.497 e. The van der Waals surface area contributed by atoms with Crippen molar-refractivity contribution in [2.24, 2.45) is 0 Å². The van der Waals surface area contributed by atoms with Crippen molar-refractivity contribution in [2.45, 2.75) is 0 Å². The van der Waals surface area contributed by atoms with Crippen LogP contribution in [-0.4, -0.2) is 12.1 Å². The van der Waals surface area contributed by atoms with Crippen molar-refractivity contribution in [2.75, 3.05) is 7.11 Å². The van der Waals surface area contributed by atoms with Crippen molar-refractivity contribution in [3.8, 4) is 17.6 Å². The fourth-order valence-electron chi connectivity index (χ4n) is 1.64. The molecule has 18 heavy (non-hydrogen) atoms. The van der Waals surface area contributed by atoms with Gasteiger partial charge in [-0.05, 0) is 36.4 Å². The number of methoxy groups -OCH3 is 1. The predicted octanol–water partition coefficient (Wildman–Crippen LogP) is 3.63. The highest BCUT2D eigenvalue weighted by Gasteiger charge is 2.07. The van der Waals surface area contributed by atoms with Gasteiger partial charge in [-0.25, -0.2) is 0 Å². The van der Waals surface area contributed by atoms with Gasteiger partial charge in [0.15, 0.2) is 5.58 Å². The summed E-state index contributed by atoms with van der Waals surface area (Å²) < 4.78 is 16.1. The number of rotatable bonds is 3. The number of benzene rings is 2. The standard InChI is InChI=1S/C14H11NO3/c1-16-10-6-8-11(9-7-10)17-14-15-12-4-2-3-5-13(12)18-14/h2-9H,1H3. The van der Waals surface area contributed by atoms with E-state index in [0.717, 1.165) is 11.3 Å². The number of fused-ring (bicyclic) bond motifs is 1. The van der Waals surface area contributed by atoms with E-state index in [9.17, 15) is 0 Å². The maximum atomic E-state index is 5.53. The highest BCUT2D eigenvalue weighted by atomic mass is 16.6. The Labute approximate surface area is 104 Å². The number of aromatic nitrogens is 1. The second-order valence-electron chi connectivity index (χ2n) is 3.73. The fraction of sp³-hybridized carbons (Fsp3) is 0.0714.